The second-order valence-corrected chi connectivity index (χ2v) is 18.4. The van der Waals surface area contributed by atoms with Crippen molar-refractivity contribution in [2.45, 2.75) is 132 Å². The number of ketones is 2. The summed E-state index contributed by atoms with van der Waals surface area (Å²) in [4.78, 5) is 74.8. The number of Topliss-reactive ketones (excluding diaryl/α,β-unsaturated/α-hetero) is 2. The minimum atomic E-state index is -2.35. The van der Waals surface area contributed by atoms with Gasteiger partial charge in [-0.15, -0.1) is 0 Å². The van der Waals surface area contributed by atoms with Gasteiger partial charge in [0, 0.05) is 12.8 Å². The second-order valence-electron chi connectivity index (χ2n) is 18.4. The van der Waals surface area contributed by atoms with Crippen molar-refractivity contribution in [2.75, 3.05) is 0 Å². The van der Waals surface area contributed by atoms with Crippen molar-refractivity contribution >= 4 is 35.4 Å². The van der Waals surface area contributed by atoms with E-state index in [4.69, 9.17) is 14.6 Å². The number of rotatable bonds is 20. The van der Waals surface area contributed by atoms with Gasteiger partial charge in [0.2, 0.25) is 18.2 Å². The lowest BCUT2D eigenvalue weighted by atomic mass is 9.67. The standard InChI is InChI=1S/C54H66O16/c1-12-27-54(11)29-40(68-51(65)46(61)52(66)70-48(62)36(8)55)42(57)35(7)38(54)26-24-33(5)22-16-20-31(3)18-14-13-17-30(2)19-15-21-32(4)23-25-37-34(6)41(56)39(28-53(37,9)10)67-50(64)45(60)47-43(58)44(59)49(63)69-47/h13-26,39-40,45-47,52,55,58-61,66H,8,12,27-29H2,1-7,9-11H3/b14-13+,19-15+,20-16+,25-23+,26-24+,30-17+,31-18+,32-21+,33-22+. The monoisotopic (exact) mass is 970 g/mol. The van der Waals surface area contributed by atoms with Crippen LogP contribution in [0.25, 0.3) is 0 Å². The van der Waals surface area contributed by atoms with Crippen molar-refractivity contribution in [1.82, 2.24) is 0 Å². The van der Waals surface area contributed by atoms with E-state index in [0.29, 0.717) is 17.6 Å². The van der Waals surface area contributed by atoms with Crippen LogP contribution in [0.4, 0.5) is 0 Å². The molecule has 16 nitrogen and oxygen atoms in total. The van der Waals surface area contributed by atoms with Gasteiger partial charge in [-0.25, -0.2) is 19.2 Å². The van der Waals surface area contributed by atoms with Gasteiger partial charge in [-0.1, -0.05) is 141 Å². The van der Waals surface area contributed by atoms with Crippen molar-refractivity contribution in [3.63, 3.8) is 0 Å². The lowest BCUT2D eigenvalue weighted by Crippen LogP contribution is -2.45. The van der Waals surface area contributed by atoms with Crippen LogP contribution in [0.3, 0.4) is 0 Å². The van der Waals surface area contributed by atoms with E-state index in [0.717, 1.165) is 39.9 Å². The molecule has 1 aliphatic heterocycles. The first-order valence-electron chi connectivity index (χ1n) is 22.6. The van der Waals surface area contributed by atoms with Crippen LogP contribution < -0.4 is 0 Å². The highest BCUT2D eigenvalue weighted by Gasteiger charge is 2.47. The molecule has 0 amide bonds. The predicted molar refractivity (Wildman–Crippen MR) is 260 cm³/mol. The molecule has 0 bridgehead atoms. The number of hydrogen-bond donors (Lipinski definition) is 6. The van der Waals surface area contributed by atoms with Gasteiger partial charge in [0.25, 0.3) is 0 Å². The number of cyclic esters (lactones) is 1. The van der Waals surface area contributed by atoms with Gasteiger partial charge in [0.1, 0.15) is 0 Å². The summed E-state index contributed by atoms with van der Waals surface area (Å²) in [6.45, 7) is 21.7. The van der Waals surface area contributed by atoms with E-state index in [1.165, 1.54) is 0 Å². The molecule has 0 spiro atoms. The number of aliphatic hydroxyl groups is 6. The van der Waals surface area contributed by atoms with Crippen LogP contribution in [0.2, 0.25) is 0 Å². The molecule has 0 fully saturated rings. The average Bonchev–Trinajstić information content (AvgIpc) is 3.54. The molecule has 0 saturated carbocycles. The Morgan fingerprint density at radius 2 is 1.19 bits per heavy atom. The van der Waals surface area contributed by atoms with Crippen molar-refractivity contribution in [3.05, 3.63) is 154 Å². The number of hydrogen-bond acceptors (Lipinski definition) is 16. The van der Waals surface area contributed by atoms with E-state index < -0.39 is 100 Å². The predicted octanol–water partition coefficient (Wildman–Crippen LogP) is 7.70. The van der Waals surface area contributed by atoms with Crippen molar-refractivity contribution in [2.24, 2.45) is 10.8 Å². The molecular formula is C54H66O16. The molecule has 2 aliphatic carbocycles. The Labute approximate surface area is 408 Å². The maximum absolute atomic E-state index is 13.4. The summed E-state index contributed by atoms with van der Waals surface area (Å²) < 4.78 is 19.6. The topological polar surface area (TPSA) is 261 Å². The molecule has 378 valence electrons. The summed E-state index contributed by atoms with van der Waals surface area (Å²) in [5.74, 6) is -9.47. The lowest BCUT2D eigenvalue weighted by molar-refractivity contribution is -0.200. The van der Waals surface area contributed by atoms with Gasteiger partial charge >= 0.3 is 23.9 Å². The molecule has 3 aliphatic rings. The van der Waals surface area contributed by atoms with Gasteiger partial charge < -0.3 is 49.6 Å². The number of carbonyl (C=O) groups is 6. The number of ether oxygens (including phenoxy) is 4. The normalized spacial score (nSPS) is 24.4. The average molecular weight is 971 g/mol. The van der Waals surface area contributed by atoms with E-state index in [9.17, 15) is 54.3 Å². The molecular weight excluding hydrogens is 905 g/mol. The Hall–Kier alpha value is -6.88. The molecule has 16 heteroatoms. The molecule has 1 heterocycles. The highest BCUT2D eigenvalue weighted by molar-refractivity contribution is 6.02. The van der Waals surface area contributed by atoms with Crippen LogP contribution in [0.1, 0.15) is 94.9 Å². The smallest absolute Gasteiger partial charge is 0.378 e. The summed E-state index contributed by atoms with van der Waals surface area (Å²) in [6.07, 6.45) is 17.4. The molecule has 0 aromatic rings. The first kappa shape index (κ1) is 57.4. The number of allylic oxidation sites excluding steroid dienone is 20. The first-order valence-corrected chi connectivity index (χ1v) is 22.6. The fourth-order valence-corrected chi connectivity index (χ4v) is 7.99. The summed E-state index contributed by atoms with van der Waals surface area (Å²) in [7, 11) is 0. The highest BCUT2D eigenvalue weighted by atomic mass is 16.7. The summed E-state index contributed by atoms with van der Waals surface area (Å²) >= 11 is 0. The minimum absolute atomic E-state index is 0.106. The fourth-order valence-electron chi connectivity index (χ4n) is 7.99. The Morgan fingerprint density at radius 1 is 0.729 bits per heavy atom. The summed E-state index contributed by atoms with van der Waals surface area (Å²) in [5, 5.41) is 58.8. The maximum Gasteiger partial charge on any atom is 0.378 e. The maximum atomic E-state index is 13.4. The third kappa shape index (κ3) is 15.3. The molecule has 70 heavy (non-hydrogen) atoms. The Balaban J connectivity index is 1.59. The Bertz CT molecular complexity index is 2470. The van der Waals surface area contributed by atoms with Crippen LogP contribution in [-0.2, 0) is 47.7 Å². The third-order valence-corrected chi connectivity index (χ3v) is 11.9. The van der Waals surface area contributed by atoms with Crippen LogP contribution in [-0.4, -0.2) is 103 Å². The number of carbonyl (C=O) groups excluding carboxylic acids is 6. The molecule has 6 N–H and O–H groups in total. The van der Waals surface area contributed by atoms with E-state index in [2.05, 4.69) is 16.1 Å². The summed E-state index contributed by atoms with van der Waals surface area (Å²) in [5.41, 5.74) is 4.92. The Kier molecular flexibility index (Phi) is 20.6. The SMILES string of the molecule is C=C(O)C(=O)OC(O)C(O)C(=O)OC1CC(C)(CCC)C(/C=C/C(C)=C/C=C/C(C)=C/C=C/C=C(C)/C=C/C=C(C)/C=C/C2=C(C)C(=O)C(OC(=O)C(O)C3OC(=O)C(O)=C3O)CC2(C)C)=C(C)C1=O. The third-order valence-electron chi connectivity index (χ3n) is 11.9. The molecule has 0 aromatic carbocycles. The van der Waals surface area contributed by atoms with Crippen LogP contribution >= 0.6 is 0 Å². The van der Waals surface area contributed by atoms with E-state index in [1.54, 1.807) is 13.8 Å². The fraction of sp³-hybridized carbons (Fsp3) is 0.407. The molecule has 0 saturated heterocycles. The molecule has 3 rings (SSSR count). The largest absolute Gasteiger partial charge is 0.505 e. The van der Waals surface area contributed by atoms with Gasteiger partial charge in [0.15, 0.2) is 47.5 Å². The minimum Gasteiger partial charge on any atom is -0.505 e. The zero-order chi connectivity index (χ0) is 52.8. The zero-order valence-corrected chi connectivity index (χ0v) is 41.3. The Morgan fingerprint density at radius 3 is 1.67 bits per heavy atom. The van der Waals surface area contributed by atoms with Crippen LogP contribution in [0.5, 0.6) is 0 Å². The van der Waals surface area contributed by atoms with Crippen LogP contribution in [0.15, 0.2) is 154 Å². The number of esters is 4. The molecule has 7 atom stereocenters. The zero-order valence-electron chi connectivity index (χ0n) is 41.3. The second kappa shape index (κ2) is 25.1. The number of aliphatic hydroxyl groups excluding tert-OH is 6. The van der Waals surface area contributed by atoms with Crippen molar-refractivity contribution < 1.29 is 78.4 Å². The van der Waals surface area contributed by atoms with Gasteiger partial charge in [-0.2, -0.15) is 0 Å². The van der Waals surface area contributed by atoms with Gasteiger partial charge in [0.05, 0.1) is 0 Å². The first-order chi connectivity index (χ1) is 32.6. The lowest BCUT2D eigenvalue weighted by Gasteiger charge is -2.39. The van der Waals surface area contributed by atoms with E-state index >= 15 is 0 Å². The van der Waals surface area contributed by atoms with Crippen LogP contribution in [0, 0.1) is 10.8 Å². The van der Waals surface area contributed by atoms with Gasteiger partial charge in [-0.05, 0) is 87.7 Å². The molecule has 0 aromatic heterocycles. The highest BCUT2D eigenvalue weighted by Crippen LogP contribution is 2.45. The quantitative estimate of drug-likeness (QED) is 0.0171. The van der Waals surface area contributed by atoms with E-state index in [-0.39, 0.29) is 12.8 Å². The molecule has 7 unspecified atom stereocenters. The van der Waals surface area contributed by atoms with Gasteiger partial charge in [-0.3, -0.25) is 9.59 Å². The molecule has 0 radical (unpaired) electrons. The van der Waals surface area contributed by atoms with E-state index in [1.807, 2.05) is 140 Å². The van der Waals surface area contributed by atoms with Crippen molar-refractivity contribution in [1.29, 1.82) is 0 Å². The van der Waals surface area contributed by atoms with Crippen molar-refractivity contribution in [3.8, 4) is 0 Å². The summed E-state index contributed by atoms with van der Waals surface area (Å²) in [6, 6.07) is 0.